The van der Waals surface area contributed by atoms with Gasteiger partial charge in [0.1, 0.15) is 59.8 Å². The van der Waals surface area contributed by atoms with Crippen molar-refractivity contribution in [2.24, 2.45) is 23.3 Å². The summed E-state index contributed by atoms with van der Waals surface area (Å²) in [5.74, 6) is -9.27. The van der Waals surface area contributed by atoms with Crippen molar-refractivity contribution in [2.45, 2.75) is 146 Å². The normalized spacial score (nSPS) is 16.5. The van der Waals surface area contributed by atoms with E-state index < -0.39 is 132 Å². The second-order valence-corrected chi connectivity index (χ2v) is 21.9. The summed E-state index contributed by atoms with van der Waals surface area (Å²) in [5, 5.41) is 58.7. The molecule has 24 nitrogen and oxygen atoms in total. The number of benzene rings is 3. The third kappa shape index (κ3) is 21.0. The maximum Gasteiger partial charge on any atom is 0.326 e. The highest BCUT2D eigenvalue weighted by Crippen LogP contribution is 2.22. The van der Waals surface area contributed by atoms with Gasteiger partial charge in [0.2, 0.25) is 53.2 Å². The Kier molecular flexibility index (Phi) is 25.9. The predicted molar refractivity (Wildman–Crippen MR) is 300 cm³/mol. The van der Waals surface area contributed by atoms with Crippen molar-refractivity contribution in [2.75, 3.05) is 18.6 Å². The van der Waals surface area contributed by atoms with E-state index in [4.69, 9.17) is 11.5 Å². The standard InChI is InChI=1S/C56H78N10O14S/c1-30(2)25-43(56(79)80)63-54(77)47(32(5)67)65-51(74)42(26-33-11-8-7-9-12-33)62-53(76)46(31(3)4)64-50(73)41(28-35-16-20-37(69)21-17-35)61-52(75)44-13-10-23-66(44)55(78)39(22-24-81-6)59-49(72)40(27-34-14-18-36(68)19-15-34)60-48(71)38(57)29-45(58)70/h7-9,11-12,14-21,30-32,38-44,46-47,67-69H,10,13,22-29,57H2,1-6H3,(H2,58,70)(H,59,72)(H,60,71)(H,61,75)(H,62,76)(H,63,77)(H,64,73)(H,65,74)(H,79,80)/t32-,38+,39+,40+,41+,42+,43+,44+,46+,47+/m1/s1. The second kappa shape index (κ2) is 31.9. The number of rotatable bonds is 31. The Balaban J connectivity index is 1.60. The number of aliphatic hydroxyl groups excluding tert-OH is 1. The monoisotopic (exact) mass is 1150 g/mol. The lowest BCUT2D eigenvalue weighted by molar-refractivity contribution is -0.143. The number of hydrogen-bond acceptors (Lipinski definition) is 15. The van der Waals surface area contributed by atoms with Crippen LogP contribution in [0.5, 0.6) is 11.5 Å². The molecule has 0 radical (unpaired) electrons. The van der Waals surface area contributed by atoms with E-state index in [1.165, 1.54) is 72.1 Å². The van der Waals surface area contributed by atoms with Crippen LogP contribution in [-0.2, 0) is 67.2 Å². The molecule has 3 aromatic rings. The van der Waals surface area contributed by atoms with E-state index in [1.807, 2.05) is 0 Å². The summed E-state index contributed by atoms with van der Waals surface area (Å²) in [4.78, 5) is 138. The van der Waals surface area contributed by atoms with Crippen molar-refractivity contribution in [1.29, 1.82) is 0 Å². The van der Waals surface area contributed by atoms with E-state index in [0.29, 0.717) is 28.9 Å². The second-order valence-electron chi connectivity index (χ2n) is 20.9. The van der Waals surface area contributed by atoms with Crippen LogP contribution in [0.4, 0.5) is 0 Å². The fourth-order valence-electron chi connectivity index (χ4n) is 9.00. The van der Waals surface area contributed by atoms with E-state index in [1.54, 1.807) is 64.3 Å². The highest BCUT2D eigenvalue weighted by molar-refractivity contribution is 7.98. The van der Waals surface area contributed by atoms with E-state index in [9.17, 15) is 68.4 Å². The summed E-state index contributed by atoms with van der Waals surface area (Å²) >= 11 is 1.39. The van der Waals surface area contributed by atoms with Gasteiger partial charge in [-0.3, -0.25) is 43.2 Å². The number of likely N-dealkylation sites (tertiary alicyclic amines) is 1. The number of aliphatic carboxylic acids is 1. The Bertz CT molecular complexity index is 2640. The Hall–Kier alpha value is -7.77. The van der Waals surface area contributed by atoms with Crippen LogP contribution in [0.2, 0.25) is 0 Å². The number of aliphatic hydroxyl groups is 1. The molecule has 4 rings (SSSR count). The Morgan fingerprint density at radius 2 is 1.06 bits per heavy atom. The van der Waals surface area contributed by atoms with Gasteiger partial charge in [0.05, 0.1) is 18.6 Å². The number of carboxylic acids is 1. The third-order valence-electron chi connectivity index (χ3n) is 13.4. The molecule has 0 aliphatic carbocycles. The van der Waals surface area contributed by atoms with Crippen molar-refractivity contribution in [1.82, 2.24) is 42.1 Å². The molecule has 1 heterocycles. The third-order valence-corrected chi connectivity index (χ3v) is 14.0. The minimum Gasteiger partial charge on any atom is -0.508 e. The smallest absolute Gasteiger partial charge is 0.326 e. The molecule has 0 unspecified atom stereocenters. The van der Waals surface area contributed by atoms with Crippen LogP contribution in [0, 0.1) is 11.8 Å². The van der Waals surface area contributed by atoms with Crippen LogP contribution in [0.25, 0.3) is 0 Å². The van der Waals surface area contributed by atoms with Gasteiger partial charge in [-0.25, -0.2) is 4.79 Å². The number of amides is 9. The molecule has 1 fully saturated rings. The molecule has 0 bridgehead atoms. The molecule has 1 saturated heterocycles. The van der Waals surface area contributed by atoms with Gasteiger partial charge in [-0.15, -0.1) is 0 Å². The van der Waals surface area contributed by atoms with Gasteiger partial charge in [0.25, 0.3) is 0 Å². The highest BCUT2D eigenvalue weighted by Gasteiger charge is 2.41. The number of nitrogens with one attached hydrogen (secondary N) is 7. The van der Waals surface area contributed by atoms with E-state index in [0.717, 1.165) is 0 Å². The summed E-state index contributed by atoms with van der Waals surface area (Å²) in [6.07, 6.45) is 0.0249. The van der Waals surface area contributed by atoms with Crippen molar-refractivity contribution >= 4 is 70.9 Å². The minimum absolute atomic E-state index is 0.0477. The first-order chi connectivity index (χ1) is 38.3. The zero-order valence-corrected chi connectivity index (χ0v) is 47.2. The van der Waals surface area contributed by atoms with Crippen LogP contribution in [0.1, 0.15) is 83.4 Å². The summed E-state index contributed by atoms with van der Waals surface area (Å²) in [5.41, 5.74) is 12.7. The molecule has 9 amide bonds. The van der Waals surface area contributed by atoms with Gasteiger partial charge in [-0.05, 0) is 97.4 Å². The molecule has 0 saturated carbocycles. The number of phenolic OH excluding ortho intramolecular Hbond substituents is 2. The first kappa shape index (κ1) is 65.7. The number of nitrogens with zero attached hydrogens (tertiary/aromatic N) is 1. The van der Waals surface area contributed by atoms with E-state index in [-0.39, 0.29) is 62.5 Å². The zero-order valence-electron chi connectivity index (χ0n) is 46.4. The Labute approximate surface area is 475 Å². The molecule has 81 heavy (non-hydrogen) atoms. The van der Waals surface area contributed by atoms with Crippen LogP contribution in [-0.4, -0.2) is 163 Å². The maximum absolute atomic E-state index is 14.6. The number of thioether (sulfide) groups is 1. The molecule has 442 valence electrons. The van der Waals surface area contributed by atoms with E-state index >= 15 is 0 Å². The van der Waals surface area contributed by atoms with Crippen LogP contribution >= 0.6 is 11.8 Å². The lowest BCUT2D eigenvalue weighted by Gasteiger charge is -2.31. The van der Waals surface area contributed by atoms with Gasteiger partial charge in [0.15, 0.2) is 0 Å². The number of primary amides is 1. The number of hydrogen-bond donors (Lipinski definition) is 13. The topological polar surface area (TPSA) is 391 Å². The molecule has 0 aromatic heterocycles. The van der Waals surface area contributed by atoms with Gasteiger partial charge in [-0.2, -0.15) is 11.8 Å². The molecular formula is C56H78N10O14S. The predicted octanol–water partition coefficient (Wildman–Crippen LogP) is -0.366. The fraction of sp³-hybridized carbons (Fsp3) is 0.500. The highest BCUT2D eigenvalue weighted by atomic mass is 32.2. The summed E-state index contributed by atoms with van der Waals surface area (Å²) in [6, 6.07) is 7.92. The number of carbonyl (C=O) groups is 10. The maximum atomic E-state index is 14.6. The lowest BCUT2D eigenvalue weighted by Crippen LogP contribution is -2.62. The number of carboxylic acid groups (broad SMARTS) is 1. The van der Waals surface area contributed by atoms with Crippen LogP contribution < -0.4 is 48.7 Å². The molecule has 0 spiro atoms. The molecule has 25 heteroatoms. The summed E-state index contributed by atoms with van der Waals surface area (Å²) in [6.45, 7) is 8.10. The van der Waals surface area contributed by atoms with Crippen LogP contribution in [0.15, 0.2) is 78.9 Å². The Morgan fingerprint density at radius 3 is 1.54 bits per heavy atom. The fourth-order valence-corrected chi connectivity index (χ4v) is 9.47. The first-order valence-electron chi connectivity index (χ1n) is 26.7. The molecule has 15 N–H and O–H groups in total. The molecule has 1 aliphatic rings. The van der Waals surface area contributed by atoms with Crippen LogP contribution in [0.3, 0.4) is 0 Å². The zero-order chi connectivity index (χ0) is 60.1. The number of nitrogens with two attached hydrogens (primary N) is 2. The summed E-state index contributed by atoms with van der Waals surface area (Å²) in [7, 11) is 0. The molecule has 3 aromatic carbocycles. The average molecular weight is 1150 g/mol. The van der Waals surface area contributed by atoms with Gasteiger partial charge in [0, 0.05) is 25.8 Å². The first-order valence-corrected chi connectivity index (χ1v) is 28.1. The summed E-state index contributed by atoms with van der Waals surface area (Å²) < 4.78 is 0. The minimum atomic E-state index is -1.65. The number of phenols is 2. The van der Waals surface area contributed by atoms with Crippen molar-refractivity contribution < 1.29 is 68.4 Å². The van der Waals surface area contributed by atoms with E-state index in [2.05, 4.69) is 37.2 Å². The SMILES string of the molecule is CSCC[C@H](NC(=O)[C@H](Cc1ccc(O)cc1)NC(=O)[C@@H](N)CC(N)=O)C(=O)N1CCC[C@H]1C(=O)N[C@@H](Cc1ccc(O)cc1)C(=O)N[C@H](C(=O)N[C@@H](Cc1ccccc1)C(=O)N[C@H](C(=O)N[C@@H](CC(C)C)C(=O)O)[C@@H](C)O)C(C)C. The molecular weight excluding hydrogens is 1070 g/mol. The van der Waals surface area contributed by atoms with Crippen molar-refractivity contribution in [3.63, 3.8) is 0 Å². The number of aromatic hydroxyl groups is 2. The number of carbonyl (C=O) groups excluding carboxylic acids is 9. The molecule has 10 atom stereocenters. The van der Waals surface area contributed by atoms with Gasteiger partial charge < -0.3 is 74.0 Å². The Morgan fingerprint density at radius 1 is 0.605 bits per heavy atom. The van der Waals surface area contributed by atoms with Crippen molar-refractivity contribution in [3.05, 3.63) is 95.6 Å². The lowest BCUT2D eigenvalue weighted by atomic mass is 9.99. The van der Waals surface area contributed by atoms with Gasteiger partial charge in [-0.1, -0.05) is 82.3 Å². The van der Waals surface area contributed by atoms with Crippen molar-refractivity contribution in [3.8, 4) is 11.5 Å². The molecule has 1 aliphatic heterocycles. The average Bonchev–Trinajstić information content (AvgIpc) is 3.92. The largest absolute Gasteiger partial charge is 0.508 e. The van der Waals surface area contributed by atoms with Gasteiger partial charge >= 0.3 is 5.97 Å². The quantitative estimate of drug-likeness (QED) is 0.0391.